The van der Waals surface area contributed by atoms with E-state index in [0.717, 1.165) is 85.3 Å². The lowest BCUT2D eigenvalue weighted by Gasteiger charge is -2.33. The van der Waals surface area contributed by atoms with Crippen molar-refractivity contribution < 1.29 is 0 Å². The minimum atomic E-state index is 0.745. The fourth-order valence-electron chi connectivity index (χ4n) is 7.88. The zero-order valence-electron chi connectivity index (χ0n) is 37.5. The van der Waals surface area contributed by atoms with E-state index in [1.807, 2.05) is 146 Å². The Kier molecular flexibility index (Phi) is 13.3. The van der Waals surface area contributed by atoms with E-state index < -0.39 is 0 Å². The third-order valence-corrected chi connectivity index (χ3v) is 11.1. The van der Waals surface area contributed by atoms with Gasteiger partial charge in [0.1, 0.15) is 0 Å². The van der Waals surface area contributed by atoms with Crippen LogP contribution in [0, 0.1) is 0 Å². The zero-order valence-corrected chi connectivity index (χ0v) is 37.5. The second-order valence-corrected chi connectivity index (χ2v) is 15.9. The molecule has 0 amide bonds. The summed E-state index contributed by atoms with van der Waals surface area (Å²) < 4.78 is 0. The Morgan fingerprint density at radius 3 is 0.551 bits per heavy atom. The highest BCUT2D eigenvalue weighted by Gasteiger charge is 2.22. The highest BCUT2D eigenvalue weighted by atomic mass is 15.2. The van der Waals surface area contributed by atoms with Crippen molar-refractivity contribution in [3.05, 3.63) is 273 Å². The average Bonchev–Trinajstić information content (AvgIpc) is 3.42. The van der Waals surface area contributed by atoms with Crippen LogP contribution in [-0.2, 0) is 0 Å². The molecule has 0 saturated carbocycles. The summed E-state index contributed by atoms with van der Waals surface area (Å²) in [6, 6.07) is 91.9. The van der Waals surface area contributed by atoms with E-state index in [1.54, 1.807) is 0 Å². The second kappa shape index (κ2) is 21.1. The second-order valence-electron chi connectivity index (χ2n) is 15.9. The van der Waals surface area contributed by atoms with Crippen molar-refractivity contribution in [1.82, 2.24) is 0 Å². The predicted molar refractivity (Wildman–Crippen MR) is 282 cm³/mol. The first-order chi connectivity index (χ1) is 34.2. The minimum Gasteiger partial charge on any atom is -0.310 e. The Morgan fingerprint density at radius 1 is 0.159 bits per heavy atom. The lowest BCUT2D eigenvalue weighted by molar-refractivity contribution is 1.20. The van der Waals surface area contributed by atoms with Gasteiger partial charge in [-0.05, 0) is 164 Å². The maximum absolute atomic E-state index is 4.57. The van der Waals surface area contributed by atoms with Crippen LogP contribution in [0.15, 0.2) is 304 Å². The Hall–Kier alpha value is -9.60. The van der Waals surface area contributed by atoms with Crippen molar-refractivity contribution in [3.8, 4) is 0 Å². The van der Waals surface area contributed by atoms with Gasteiger partial charge in [0.2, 0.25) is 0 Å². The van der Waals surface area contributed by atoms with Crippen molar-refractivity contribution >= 4 is 85.3 Å². The normalized spacial score (nSPS) is 11.3. The quantitative estimate of drug-likeness (QED) is 0.0961. The smallest absolute Gasteiger partial charge is 0.0858 e. The van der Waals surface area contributed by atoms with E-state index in [1.165, 1.54) is 0 Å². The molecule has 9 heteroatoms. The van der Waals surface area contributed by atoms with Crippen molar-refractivity contribution in [2.75, 3.05) is 14.7 Å². The maximum atomic E-state index is 4.57. The van der Waals surface area contributed by atoms with Crippen LogP contribution in [0.2, 0.25) is 0 Å². The number of anilines is 9. The van der Waals surface area contributed by atoms with Crippen LogP contribution >= 0.6 is 0 Å². The summed E-state index contributed by atoms with van der Waals surface area (Å²) >= 11 is 0. The minimum absolute atomic E-state index is 0.745. The molecule has 0 unspecified atom stereocenters. The van der Waals surface area contributed by atoms with E-state index in [2.05, 4.69) is 173 Å². The lowest BCUT2D eigenvalue weighted by atomic mass is 10.1. The molecule has 0 bridgehead atoms. The number of nitrogens with zero attached hydrogens (tertiary/aromatic N) is 9. The average molecular weight is 892 g/mol. The predicted octanol–water partition coefficient (Wildman–Crippen LogP) is 19.3. The first kappa shape index (κ1) is 43.3. The van der Waals surface area contributed by atoms with Crippen LogP contribution in [-0.4, -0.2) is 0 Å². The van der Waals surface area contributed by atoms with Gasteiger partial charge in [0.15, 0.2) is 0 Å². The van der Waals surface area contributed by atoms with Crippen LogP contribution in [0.4, 0.5) is 85.3 Å². The molecule has 0 heterocycles. The van der Waals surface area contributed by atoms with Crippen molar-refractivity contribution in [3.63, 3.8) is 0 Å². The van der Waals surface area contributed by atoms with Gasteiger partial charge in [0.25, 0.3) is 0 Å². The SMILES string of the molecule is c1ccc(N=Nc2ccc(N(c3ccccc3)c3cc(N(c4ccccc4)c4ccc(N=Nc5ccccc5)cc4)cc(N(c4ccccc4)c4ccc(N=Nc5ccccc5)cc4)c3)cc2)cc1. The number of azo groups is 3. The van der Waals surface area contributed by atoms with Gasteiger partial charge in [-0.1, -0.05) is 109 Å². The van der Waals surface area contributed by atoms with Gasteiger partial charge in [-0.2, -0.15) is 30.7 Å². The van der Waals surface area contributed by atoms with Crippen LogP contribution < -0.4 is 14.7 Å². The highest BCUT2D eigenvalue weighted by Crippen LogP contribution is 2.46. The number of hydrogen-bond acceptors (Lipinski definition) is 9. The Balaban J connectivity index is 1.13. The maximum Gasteiger partial charge on any atom is 0.0858 e. The van der Waals surface area contributed by atoms with Crippen LogP contribution in [0.1, 0.15) is 0 Å². The third-order valence-electron chi connectivity index (χ3n) is 11.1. The fraction of sp³-hybridized carbons (Fsp3) is 0. The van der Waals surface area contributed by atoms with Crippen molar-refractivity contribution in [1.29, 1.82) is 0 Å². The van der Waals surface area contributed by atoms with Gasteiger partial charge >= 0.3 is 0 Å². The molecule has 0 aliphatic carbocycles. The Labute approximate surface area is 402 Å². The number of benzene rings is 10. The summed E-state index contributed by atoms with van der Waals surface area (Å²) in [7, 11) is 0. The topological polar surface area (TPSA) is 83.9 Å². The molecule has 10 aromatic rings. The molecule has 0 saturated heterocycles. The molecular weight excluding hydrogens is 847 g/mol. The van der Waals surface area contributed by atoms with Gasteiger partial charge in [-0.3, -0.25) is 0 Å². The molecule has 0 N–H and O–H groups in total. The summed E-state index contributed by atoms with van der Waals surface area (Å²) in [5, 5.41) is 27.1. The van der Waals surface area contributed by atoms with E-state index in [-0.39, 0.29) is 0 Å². The monoisotopic (exact) mass is 891 g/mol. The van der Waals surface area contributed by atoms with Crippen LogP contribution in [0.25, 0.3) is 0 Å². The van der Waals surface area contributed by atoms with E-state index in [9.17, 15) is 0 Å². The van der Waals surface area contributed by atoms with Crippen LogP contribution in [0.3, 0.4) is 0 Å². The van der Waals surface area contributed by atoms with E-state index in [0.29, 0.717) is 0 Å². The molecule has 0 aliphatic heterocycles. The molecule has 69 heavy (non-hydrogen) atoms. The van der Waals surface area contributed by atoms with Gasteiger partial charge < -0.3 is 14.7 Å². The standard InChI is InChI=1S/C60H45N9/c1-7-19-46(20-8-1)61-64-49-31-37-55(38-32-49)67(52-25-13-4-14-26-52)58-43-59(68(53-27-15-5-16-28-53)56-39-33-50(34-40-56)65-62-47-21-9-2-10-22-47)45-60(44-58)69(54-29-17-6-18-30-54)57-41-35-51(36-42-57)66-63-48-23-11-3-12-24-48/h1-45H. The first-order valence-corrected chi connectivity index (χ1v) is 22.6. The molecular formula is C60H45N9. The molecule has 0 atom stereocenters. The van der Waals surface area contributed by atoms with Crippen LogP contribution in [0.5, 0.6) is 0 Å². The van der Waals surface area contributed by atoms with Crippen molar-refractivity contribution in [2.45, 2.75) is 0 Å². The summed E-state index contributed by atoms with van der Waals surface area (Å²) in [5.41, 5.74) is 13.2. The summed E-state index contributed by atoms with van der Waals surface area (Å²) in [6.07, 6.45) is 0. The lowest BCUT2D eigenvalue weighted by Crippen LogP contribution is -2.16. The molecule has 0 spiro atoms. The summed E-state index contributed by atoms with van der Waals surface area (Å²) in [4.78, 5) is 6.83. The number of rotatable bonds is 15. The largest absolute Gasteiger partial charge is 0.310 e. The molecule has 0 aliphatic rings. The number of hydrogen-bond donors (Lipinski definition) is 0. The Morgan fingerprint density at radius 2 is 0.333 bits per heavy atom. The molecule has 10 aromatic carbocycles. The first-order valence-electron chi connectivity index (χ1n) is 22.6. The van der Waals surface area contributed by atoms with E-state index in [4.69, 9.17) is 0 Å². The van der Waals surface area contributed by atoms with Crippen molar-refractivity contribution in [2.24, 2.45) is 30.7 Å². The molecule has 10 rings (SSSR count). The molecule has 0 aromatic heterocycles. The third kappa shape index (κ3) is 10.8. The van der Waals surface area contributed by atoms with Gasteiger partial charge in [0.05, 0.1) is 51.2 Å². The van der Waals surface area contributed by atoms with E-state index >= 15 is 0 Å². The molecule has 9 nitrogen and oxygen atoms in total. The highest BCUT2D eigenvalue weighted by molar-refractivity contribution is 5.89. The van der Waals surface area contributed by atoms with Gasteiger partial charge in [0, 0.05) is 34.1 Å². The fourth-order valence-corrected chi connectivity index (χ4v) is 7.88. The van der Waals surface area contributed by atoms with Gasteiger partial charge in [-0.25, -0.2) is 0 Å². The van der Waals surface area contributed by atoms with Gasteiger partial charge in [-0.15, -0.1) is 0 Å². The Bertz CT molecular complexity index is 2910. The molecule has 330 valence electrons. The zero-order chi connectivity index (χ0) is 46.5. The summed E-state index contributed by atoms with van der Waals surface area (Å²) in [6.45, 7) is 0. The molecule has 0 radical (unpaired) electrons. The molecule has 0 fully saturated rings. The summed E-state index contributed by atoms with van der Waals surface area (Å²) in [5.74, 6) is 0. The number of para-hydroxylation sites is 3.